The van der Waals surface area contributed by atoms with Crippen molar-refractivity contribution in [1.29, 1.82) is 0 Å². The molecular formula is C19H32N2. The smallest absolute Gasteiger partial charge is 0.0412 e. The molecule has 0 aliphatic carbocycles. The van der Waals surface area contributed by atoms with Gasteiger partial charge in [-0.15, -0.1) is 0 Å². The Morgan fingerprint density at radius 2 is 2.00 bits per heavy atom. The van der Waals surface area contributed by atoms with E-state index in [0.717, 1.165) is 19.0 Å². The third-order valence-corrected chi connectivity index (χ3v) is 4.63. The highest BCUT2D eigenvalue weighted by Crippen LogP contribution is 2.29. The first-order chi connectivity index (χ1) is 9.91. The average molecular weight is 288 g/mol. The SMILES string of the molecule is CCCC(C)CN1CC(C(C)(C)C)NCc2ccccc21. The van der Waals surface area contributed by atoms with Crippen molar-refractivity contribution >= 4 is 5.69 Å². The molecule has 2 heteroatoms. The zero-order valence-electron chi connectivity index (χ0n) is 14.4. The second kappa shape index (κ2) is 6.83. The molecule has 0 saturated carbocycles. The van der Waals surface area contributed by atoms with Crippen molar-refractivity contribution in [2.75, 3.05) is 18.0 Å². The highest BCUT2D eigenvalue weighted by Gasteiger charge is 2.30. The minimum atomic E-state index is 0.286. The van der Waals surface area contributed by atoms with Gasteiger partial charge in [-0.1, -0.05) is 59.2 Å². The van der Waals surface area contributed by atoms with E-state index in [9.17, 15) is 0 Å². The Bertz CT molecular complexity index is 447. The fourth-order valence-electron chi connectivity index (χ4n) is 3.30. The number of hydrogen-bond donors (Lipinski definition) is 1. The largest absolute Gasteiger partial charge is 0.369 e. The van der Waals surface area contributed by atoms with Crippen molar-refractivity contribution in [3.63, 3.8) is 0 Å². The molecular weight excluding hydrogens is 256 g/mol. The average Bonchev–Trinajstić information content (AvgIpc) is 2.59. The van der Waals surface area contributed by atoms with E-state index in [1.807, 2.05) is 0 Å². The summed E-state index contributed by atoms with van der Waals surface area (Å²) in [6.07, 6.45) is 2.59. The first kappa shape index (κ1) is 16.4. The van der Waals surface area contributed by atoms with Gasteiger partial charge in [-0.05, 0) is 29.4 Å². The maximum absolute atomic E-state index is 3.77. The van der Waals surface area contributed by atoms with Crippen LogP contribution in [0.2, 0.25) is 0 Å². The van der Waals surface area contributed by atoms with E-state index in [-0.39, 0.29) is 5.41 Å². The van der Waals surface area contributed by atoms with Crippen LogP contribution in [0.1, 0.15) is 53.0 Å². The maximum atomic E-state index is 3.77. The van der Waals surface area contributed by atoms with Crippen molar-refractivity contribution in [2.24, 2.45) is 11.3 Å². The number of anilines is 1. The van der Waals surface area contributed by atoms with Gasteiger partial charge in [-0.25, -0.2) is 0 Å². The van der Waals surface area contributed by atoms with Gasteiger partial charge < -0.3 is 10.2 Å². The van der Waals surface area contributed by atoms with Crippen LogP contribution in [0, 0.1) is 11.3 Å². The lowest BCUT2D eigenvalue weighted by Crippen LogP contribution is -2.47. The van der Waals surface area contributed by atoms with Gasteiger partial charge in [0.15, 0.2) is 0 Å². The summed E-state index contributed by atoms with van der Waals surface area (Å²) >= 11 is 0. The van der Waals surface area contributed by atoms with Crippen molar-refractivity contribution in [2.45, 2.75) is 60.0 Å². The van der Waals surface area contributed by atoms with Gasteiger partial charge in [-0.3, -0.25) is 0 Å². The van der Waals surface area contributed by atoms with Gasteiger partial charge in [0.1, 0.15) is 0 Å². The molecule has 0 amide bonds. The highest BCUT2D eigenvalue weighted by molar-refractivity contribution is 5.54. The molecule has 0 radical (unpaired) electrons. The third kappa shape index (κ3) is 4.23. The number of nitrogens with zero attached hydrogens (tertiary/aromatic N) is 1. The summed E-state index contributed by atoms with van der Waals surface area (Å²) < 4.78 is 0. The molecule has 0 bridgehead atoms. The monoisotopic (exact) mass is 288 g/mol. The van der Waals surface area contributed by atoms with Crippen LogP contribution in [0.5, 0.6) is 0 Å². The zero-order valence-corrected chi connectivity index (χ0v) is 14.4. The number of hydrogen-bond acceptors (Lipinski definition) is 2. The summed E-state index contributed by atoms with van der Waals surface area (Å²) in [5.41, 5.74) is 3.15. The third-order valence-electron chi connectivity index (χ3n) is 4.63. The van der Waals surface area contributed by atoms with Gasteiger partial charge in [0.25, 0.3) is 0 Å². The van der Waals surface area contributed by atoms with Gasteiger partial charge in [0.2, 0.25) is 0 Å². The molecule has 2 nitrogen and oxygen atoms in total. The summed E-state index contributed by atoms with van der Waals surface area (Å²) in [6.45, 7) is 14.9. The van der Waals surface area contributed by atoms with E-state index in [1.54, 1.807) is 0 Å². The van der Waals surface area contributed by atoms with Crippen LogP contribution < -0.4 is 10.2 Å². The molecule has 118 valence electrons. The van der Waals surface area contributed by atoms with E-state index >= 15 is 0 Å². The predicted molar refractivity (Wildman–Crippen MR) is 92.8 cm³/mol. The number of benzene rings is 1. The first-order valence-electron chi connectivity index (χ1n) is 8.48. The van der Waals surface area contributed by atoms with Crippen molar-refractivity contribution < 1.29 is 0 Å². The number of rotatable bonds is 4. The Morgan fingerprint density at radius 1 is 1.29 bits per heavy atom. The molecule has 0 spiro atoms. The fraction of sp³-hybridized carbons (Fsp3) is 0.684. The summed E-state index contributed by atoms with van der Waals surface area (Å²) in [7, 11) is 0. The summed E-state index contributed by atoms with van der Waals surface area (Å²) in [5.74, 6) is 0.752. The van der Waals surface area contributed by atoms with Crippen molar-refractivity contribution in [3.8, 4) is 0 Å². The molecule has 2 rings (SSSR count). The molecule has 1 aromatic carbocycles. The molecule has 2 unspecified atom stereocenters. The van der Waals surface area contributed by atoms with Crippen LogP contribution in [0.15, 0.2) is 24.3 Å². The Kier molecular flexibility index (Phi) is 5.32. The lowest BCUT2D eigenvalue weighted by Gasteiger charge is -2.36. The molecule has 1 aliphatic rings. The summed E-state index contributed by atoms with van der Waals surface area (Å²) in [5, 5.41) is 3.77. The maximum Gasteiger partial charge on any atom is 0.0412 e. The molecule has 2 atom stereocenters. The van der Waals surface area contributed by atoms with Gasteiger partial charge in [0, 0.05) is 31.4 Å². The van der Waals surface area contributed by atoms with Crippen LogP contribution in [0.25, 0.3) is 0 Å². The summed E-state index contributed by atoms with van der Waals surface area (Å²) in [4.78, 5) is 2.62. The Balaban J connectivity index is 2.23. The van der Waals surface area contributed by atoms with Crippen LogP contribution >= 0.6 is 0 Å². The van der Waals surface area contributed by atoms with Gasteiger partial charge >= 0.3 is 0 Å². The molecule has 1 N–H and O–H groups in total. The predicted octanol–water partition coefficient (Wildman–Crippen LogP) is 4.45. The molecule has 0 fully saturated rings. The molecule has 0 aromatic heterocycles. The van der Waals surface area contributed by atoms with Gasteiger partial charge in [0.05, 0.1) is 0 Å². The minimum Gasteiger partial charge on any atom is -0.369 e. The van der Waals surface area contributed by atoms with E-state index in [0.29, 0.717) is 6.04 Å². The van der Waals surface area contributed by atoms with Gasteiger partial charge in [-0.2, -0.15) is 0 Å². The molecule has 0 saturated heterocycles. The Labute approximate surface area is 130 Å². The molecule has 1 heterocycles. The normalized spacial score (nSPS) is 20.8. The Morgan fingerprint density at radius 3 is 2.67 bits per heavy atom. The number of para-hydroxylation sites is 1. The second-order valence-electron chi connectivity index (χ2n) is 7.73. The van der Waals surface area contributed by atoms with Crippen LogP contribution in [-0.2, 0) is 6.54 Å². The zero-order chi connectivity index (χ0) is 15.5. The van der Waals surface area contributed by atoms with E-state index < -0.39 is 0 Å². The molecule has 21 heavy (non-hydrogen) atoms. The fourth-order valence-corrected chi connectivity index (χ4v) is 3.30. The lowest BCUT2D eigenvalue weighted by molar-refractivity contribution is 0.270. The van der Waals surface area contributed by atoms with E-state index in [1.165, 1.54) is 30.6 Å². The minimum absolute atomic E-state index is 0.286. The second-order valence-corrected chi connectivity index (χ2v) is 7.73. The molecule has 1 aliphatic heterocycles. The van der Waals surface area contributed by atoms with Crippen molar-refractivity contribution in [1.82, 2.24) is 5.32 Å². The standard InChI is InChI=1S/C19H32N2/c1-6-9-15(2)13-21-14-18(19(3,4)5)20-12-16-10-7-8-11-17(16)21/h7-8,10-11,15,18,20H,6,9,12-14H2,1-5H3. The highest BCUT2D eigenvalue weighted by atomic mass is 15.2. The van der Waals surface area contributed by atoms with E-state index in [4.69, 9.17) is 0 Å². The Hall–Kier alpha value is -1.02. The number of nitrogens with one attached hydrogen (secondary N) is 1. The topological polar surface area (TPSA) is 15.3 Å². The number of fused-ring (bicyclic) bond motifs is 1. The first-order valence-corrected chi connectivity index (χ1v) is 8.48. The molecule has 1 aromatic rings. The van der Waals surface area contributed by atoms with Crippen LogP contribution in [0.3, 0.4) is 0 Å². The van der Waals surface area contributed by atoms with Crippen LogP contribution in [-0.4, -0.2) is 19.1 Å². The quantitative estimate of drug-likeness (QED) is 0.880. The van der Waals surface area contributed by atoms with Crippen molar-refractivity contribution in [3.05, 3.63) is 29.8 Å². The summed E-state index contributed by atoms with van der Waals surface area (Å²) in [6, 6.07) is 9.42. The van der Waals surface area contributed by atoms with E-state index in [2.05, 4.69) is 69.1 Å². The lowest BCUT2D eigenvalue weighted by atomic mass is 9.86. The van der Waals surface area contributed by atoms with Crippen LogP contribution in [0.4, 0.5) is 5.69 Å².